The largest absolute Gasteiger partial charge is 0.465 e. The minimum absolute atomic E-state index is 0.110. The highest BCUT2D eigenvalue weighted by atomic mass is 32.2. The first-order chi connectivity index (χ1) is 11.8. The van der Waals surface area contributed by atoms with Gasteiger partial charge in [-0.3, -0.25) is 0 Å². The zero-order chi connectivity index (χ0) is 18.2. The Morgan fingerprint density at radius 1 is 1.32 bits per heavy atom. The molecule has 1 aromatic heterocycles. The first kappa shape index (κ1) is 17.6. The second-order valence-electron chi connectivity index (χ2n) is 6.12. The van der Waals surface area contributed by atoms with Crippen LogP contribution in [0.1, 0.15) is 46.3 Å². The van der Waals surface area contributed by atoms with Crippen LogP contribution in [0.5, 0.6) is 0 Å². The van der Waals surface area contributed by atoms with Crippen LogP contribution in [0.2, 0.25) is 0 Å². The lowest BCUT2D eigenvalue weighted by atomic mass is 10.1. The molecular weight excluding hydrogens is 344 g/mol. The van der Waals surface area contributed by atoms with Crippen molar-refractivity contribution < 1.29 is 22.5 Å². The minimum Gasteiger partial charge on any atom is -0.465 e. The fourth-order valence-electron chi connectivity index (χ4n) is 3.10. The zero-order valence-electron chi connectivity index (χ0n) is 14.4. The highest BCUT2D eigenvalue weighted by Crippen LogP contribution is 2.37. The molecular formula is C17H20N2O5S. The number of hydrogen-bond acceptors (Lipinski definition) is 6. The van der Waals surface area contributed by atoms with Crippen molar-refractivity contribution in [2.24, 2.45) is 0 Å². The molecule has 2 aromatic rings. The van der Waals surface area contributed by atoms with E-state index < -0.39 is 16.0 Å². The number of methoxy groups -OCH3 is 1. The Labute approximate surface area is 146 Å². The van der Waals surface area contributed by atoms with Crippen molar-refractivity contribution in [3.8, 4) is 0 Å². The van der Waals surface area contributed by atoms with E-state index in [2.05, 4.69) is 5.16 Å². The zero-order valence-corrected chi connectivity index (χ0v) is 15.2. The molecule has 0 N–H and O–H groups in total. The molecule has 0 radical (unpaired) electrons. The Balaban J connectivity index is 2.02. The van der Waals surface area contributed by atoms with Crippen LogP contribution in [0.15, 0.2) is 33.7 Å². The van der Waals surface area contributed by atoms with Gasteiger partial charge in [0, 0.05) is 12.6 Å². The molecule has 0 amide bonds. The third-order valence-electron chi connectivity index (χ3n) is 4.37. The van der Waals surface area contributed by atoms with Crippen molar-refractivity contribution in [2.75, 3.05) is 13.7 Å². The van der Waals surface area contributed by atoms with Gasteiger partial charge < -0.3 is 9.26 Å². The Morgan fingerprint density at radius 3 is 2.72 bits per heavy atom. The average molecular weight is 364 g/mol. The Kier molecular flexibility index (Phi) is 4.66. The van der Waals surface area contributed by atoms with Crippen molar-refractivity contribution >= 4 is 16.0 Å². The first-order valence-corrected chi connectivity index (χ1v) is 9.42. The van der Waals surface area contributed by atoms with Crippen LogP contribution in [0, 0.1) is 13.8 Å². The Morgan fingerprint density at radius 2 is 2.08 bits per heavy atom. The molecule has 3 rings (SSSR count). The van der Waals surface area contributed by atoms with Gasteiger partial charge in [0.2, 0.25) is 10.0 Å². The van der Waals surface area contributed by atoms with E-state index >= 15 is 0 Å². The van der Waals surface area contributed by atoms with Gasteiger partial charge in [-0.2, -0.15) is 4.31 Å². The van der Waals surface area contributed by atoms with Crippen LogP contribution in [0.4, 0.5) is 0 Å². The third kappa shape index (κ3) is 3.19. The summed E-state index contributed by atoms with van der Waals surface area (Å²) in [6.45, 7) is 3.90. The van der Waals surface area contributed by atoms with Gasteiger partial charge in [-0.05, 0) is 44.4 Å². The highest BCUT2D eigenvalue weighted by molar-refractivity contribution is 7.89. The van der Waals surface area contributed by atoms with Crippen LogP contribution in [-0.2, 0) is 14.8 Å². The van der Waals surface area contributed by atoms with Crippen molar-refractivity contribution in [2.45, 2.75) is 37.6 Å². The summed E-state index contributed by atoms with van der Waals surface area (Å²) in [6, 6.07) is 5.92. The number of carbonyl (C=O) groups excluding carboxylic acids is 1. The summed E-state index contributed by atoms with van der Waals surface area (Å²) in [5.74, 6) is -0.0272. The molecule has 1 aromatic carbocycles. The van der Waals surface area contributed by atoms with Crippen LogP contribution >= 0.6 is 0 Å². The molecule has 1 aliphatic rings. The van der Waals surface area contributed by atoms with Crippen LogP contribution in [0.3, 0.4) is 0 Å². The van der Waals surface area contributed by atoms with Crippen molar-refractivity contribution in [3.05, 3.63) is 46.8 Å². The summed E-state index contributed by atoms with van der Waals surface area (Å²) in [6.07, 6.45) is 1.41. The smallest absolute Gasteiger partial charge is 0.337 e. The van der Waals surface area contributed by atoms with Crippen molar-refractivity contribution in [1.29, 1.82) is 0 Å². The maximum atomic E-state index is 13.2. The molecule has 0 unspecified atom stereocenters. The first-order valence-electron chi connectivity index (χ1n) is 7.98. The van der Waals surface area contributed by atoms with Crippen molar-refractivity contribution in [1.82, 2.24) is 9.46 Å². The predicted octanol–water partition coefficient (Wildman–Crippen LogP) is 2.60. The number of aryl methyl sites for hydroxylation is 2. The van der Waals surface area contributed by atoms with Gasteiger partial charge in [-0.25, -0.2) is 13.2 Å². The molecule has 8 heteroatoms. The summed E-state index contributed by atoms with van der Waals surface area (Å²) in [7, 11) is -2.52. The molecule has 2 heterocycles. The molecule has 25 heavy (non-hydrogen) atoms. The van der Waals surface area contributed by atoms with E-state index in [1.54, 1.807) is 32.0 Å². The molecule has 0 spiro atoms. The maximum absolute atomic E-state index is 13.2. The fraction of sp³-hybridized carbons (Fsp3) is 0.412. The molecule has 7 nitrogen and oxygen atoms in total. The van der Waals surface area contributed by atoms with Crippen LogP contribution < -0.4 is 0 Å². The summed E-state index contributed by atoms with van der Waals surface area (Å²) in [4.78, 5) is 11.9. The molecule has 0 saturated carbocycles. The van der Waals surface area contributed by atoms with Gasteiger partial charge in [0.25, 0.3) is 0 Å². The number of aromatic nitrogens is 1. The number of carbonyl (C=O) groups is 1. The molecule has 1 aliphatic heterocycles. The number of benzene rings is 1. The Bertz CT molecular complexity index is 904. The lowest BCUT2D eigenvalue weighted by Gasteiger charge is -2.23. The van der Waals surface area contributed by atoms with E-state index in [-0.39, 0.29) is 16.5 Å². The predicted molar refractivity (Wildman–Crippen MR) is 89.6 cm³/mol. The topological polar surface area (TPSA) is 89.7 Å². The summed E-state index contributed by atoms with van der Waals surface area (Å²) in [5.41, 5.74) is 1.49. The van der Waals surface area contributed by atoms with E-state index in [0.717, 1.165) is 6.42 Å². The van der Waals surface area contributed by atoms with E-state index in [1.807, 2.05) is 0 Å². The SMILES string of the molecule is COC(=O)c1ccc(C)c(S(=O)(=O)N2CCC[C@H]2c2cc(C)no2)c1. The second kappa shape index (κ2) is 6.61. The summed E-state index contributed by atoms with van der Waals surface area (Å²) >= 11 is 0. The van der Waals surface area contributed by atoms with Gasteiger partial charge in [0.1, 0.15) is 0 Å². The number of ether oxygens (including phenoxy) is 1. The summed E-state index contributed by atoms with van der Waals surface area (Å²) in [5, 5.41) is 3.86. The lowest BCUT2D eigenvalue weighted by Crippen LogP contribution is -2.31. The number of sulfonamides is 1. The number of nitrogens with zero attached hydrogens (tertiary/aromatic N) is 2. The minimum atomic E-state index is -3.78. The van der Waals surface area contributed by atoms with Gasteiger partial charge >= 0.3 is 5.97 Å². The van der Waals surface area contributed by atoms with Gasteiger partial charge in [0.15, 0.2) is 5.76 Å². The standard InChI is InChI=1S/C17H20N2O5S/c1-11-6-7-13(17(20)23-3)10-16(11)25(21,22)19-8-4-5-14(19)15-9-12(2)18-24-15/h6-7,9-10,14H,4-5,8H2,1-3H3/t14-/m0/s1. The second-order valence-corrected chi connectivity index (χ2v) is 7.98. The van der Waals surface area contributed by atoms with Gasteiger partial charge in [0.05, 0.1) is 29.3 Å². The fourth-order valence-corrected chi connectivity index (χ4v) is 5.02. The van der Waals surface area contributed by atoms with E-state index in [1.165, 1.54) is 17.5 Å². The van der Waals surface area contributed by atoms with Gasteiger partial charge in [-0.15, -0.1) is 0 Å². The summed E-state index contributed by atoms with van der Waals surface area (Å²) < 4.78 is 37.8. The van der Waals surface area contributed by atoms with Crippen LogP contribution in [-0.4, -0.2) is 37.5 Å². The molecule has 0 aliphatic carbocycles. The number of hydrogen-bond donors (Lipinski definition) is 0. The average Bonchev–Trinajstić information content (AvgIpc) is 3.23. The normalized spacial score (nSPS) is 18.4. The molecule has 1 atom stereocenters. The highest BCUT2D eigenvalue weighted by Gasteiger charge is 2.39. The quantitative estimate of drug-likeness (QED) is 0.775. The number of rotatable bonds is 4. The molecule has 0 bridgehead atoms. The van der Waals surface area contributed by atoms with E-state index in [0.29, 0.717) is 30.0 Å². The molecule has 1 fully saturated rings. The lowest BCUT2D eigenvalue weighted by molar-refractivity contribution is 0.0600. The van der Waals surface area contributed by atoms with E-state index in [4.69, 9.17) is 9.26 Å². The number of esters is 1. The third-order valence-corrected chi connectivity index (χ3v) is 6.42. The van der Waals surface area contributed by atoms with Crippen molar-refractivity contribution in [3.63, 3.8) is 0 Å². The monoisotopic (exact) mass is 364 g/mol. The van der Waals surface area contributed by atoms with E-state index in [9.17, 15) is 13.2 Å². The van der Waals surface area contributed by atoms with Crippen LogP contribution in [0.25, 0.3) is 0 Å². The molecule has 1 saturated heterocycles. The maximum Gasteiger partial charge on any atom is 0.337 e. The Hall–Kier alpha value is -2.19. The van der Waals surface area contributed by atoms with Gasteiger partial charge in [-0.1, -0.05) is 11.2 Å². The molecule has 134 valence electrons.